The quantitative estimate of drug-likeness (QED) is 0.475. The largest absolute Gasteiger partial charge is 0.495 e. The highest BCUT2D eigenvalue weighted by atomic mass is 35.5. The second kappa shape index (κ2) is 11.8. The highest BCUT2D eigenvalue weighted by Gasteiger charge is 2.31. The number of carbonyl (C=O) groups is 2. The first-order chi connectivity index (χ1) is 19.7. The lowest BCUT2D eigenvalue weighted by Crippen LogP contribution is -2.51. The molecular weight excluding hydrogens is 546 g/mol. The second-order valence-electron chi connectivity index (χ2n) is 10.7. The molecule has 11 heteroatoms. The molecule has 2 aromatic carbocycles. The van der Waals surface area contributed by atoms with Crippen LogP contribution in [-0.2, 0) is 17.8 Å². The number of halogens is 1. The first-order valence-electron chi connectivity index (χ1n) is 13.8. The molecule has 10 nitrogen and oxygen atoms in total. The number of urea groups is 1. The van der Waals surface area contributed by atoms with E-state index in [2.05, 4.69) is 5.32 Å². The number of aromatic nitrogens is 2. The molecule has 41 heavy (non-hydrogen) atoms. The van der Waals surface area contributed by atoms with Crippen LogP contribution in [0.3, 0.4) is 0 Å². The third kappa shape index (κ3) is 5.74. The Labute approximate surface area is 243 Å². The van der Waals surface area contributed by atoms with Gasteiger partial charge in [0.15, 0.2) is 0 Å². The van der Waals surface area contributed by atoms with Gasteiger partial charge >= 0.3 is 11.7 Å². The standard InChI is InChI=1S/C30H34ClN5O5/c1-19(2)36-28(38)23(21-8-9-26(41-3)24(31)16-21)17-34(30(36)40)18-27(37)33-13-11-22(12-14-33)35-15-10-20-6-4-5-7-25(20)32-29(35)39/h4-9,16-17,19,22H,10-15,18H2,1-3H3,(H,32,39). The summed E-state index contributed by atoms with van der Waals surface area (Å²) in [5.74, 6) is 0.250. The topological polar surface area (TPSA) is 106 Å². The highest BCUT2D eigenvalue weighted by molar-refractivity contribution is 6.32. The molecule has 1 fully saturated rings. The van der Waals surface area contributed by atoms with Crippen molar-refractivity contribution in [1.29, 1.82) is 0 Å². The van der Waals surface area contributed by atoms with E-state index in [1.807, 2.05) is 29.2 Å². The van der Waals surface area contributed by atoms with Crippen molar-refractivity contribution < 1.29 is 14.3 Å². The zero-order valence-corrected chi connectivity index (χ0v) is 24.2. The number of hydrogen-bond donors (Lipinski definition) is 1. The van der Waals surface area contributed by atoms with Gasteiger partial charge in [0.1, 0.15) is 12.3 Å². The Morgan fingerprint density at radius 2 is 1.80 bits per heavy atom. The van der Waals surface area contributed by atoms with Gasteiger partial charge in [0.25, 0.3) is 5.56 Å². The molecule has 0 unspecified atom stereocenters. The Morgan fingerprint density at radius 1 is 1.07 bits per heavy atom. The fraction of sp³-hybridized carbons (Fsp3) is 0.400. The molecule has 0 atom stereocenters. The molecule has 0 radical (unpaired) electrons. The summed E-state index contributed by atoms with van der Waals surface area (Å²) in [6.07, 6.45) is 3.49. The minimum absolute atomic E-state index is 0.0188. The third-order valence-electron chi connectivity index (χ3n) is 7.87. The molecule has 0 spiro atoms. The summed E-state index contributed by atoms with van der Waals surface area (Å²) in [5.41, 5.74) is 1.75. The van der Waals surface area contributed by atoms with Crippen LogP contribution < -0.4 is 21.3 Å². The fourth-order valence-electron chi connectivity index (χ4n) is 5.63. The van der Waals surface area contributed by atoms with Crippen molar-refractivity contribution in [2.75, 3.05) is 32.1 Å². The number of ether oxygens (including phenoxy) is 1. The minimum Gasteiger partial charge on any atom is -0.495 e. The number of para-hydroxylation sites is 1. The van der Waals surface area contributed by atoms with E-state index in [4.69, 9.17) is 16.3 Å². The summed E-state index contributed by atoms with van der Waals surface area (Å²) >= 11 is 6.31. The van der Waals surface area contributed by atoms with Crippen molar-refractivity contribution in [1.82, 2.24) is 18.9 Å². The first-order valence-corrected chi connectivity index (χ1v) is 14.2. The van der Waals surface area contributed by atoms with Gasteiger partial charge < -0.3 is 19.9 Å². The van der Waals surface area contributed by atoms with Gasteiger partial charge in [0, 0.05) is 43.6 Å². The second-order valence-corrected chi connectivity index (χ2v) is 11.1. The predicted molar refractivity (Wildman–Crippen MR) is 158 cm³/mol. The van der Waals surface area contributed by atoms with E-state index in [1.54, 1.807) is 36.9 Å². The lowest BCUT2D eigenvalue weighted by Gasteiger charge is -2.38. The number of fused-ring (bicyclic) bond motifs is 1. The molecule has 3 heterocycles. The van der Waals surface area contributed by atoms with E-state index in [0.29, 0.717) is 48.8 Å². The van der Waals surface area contributed by atoms with Crippen LogP contribution in [0.2, 0.25) is 5.02 Å². The summed E-state index contributed by atoms with van der Waals surface area (Å²) in [7, 11) is 1.50. The van der Waals surface area contributed by atoms with Crippen molar-refractivity contribution >= 4 is 29.2 Å². The van der Waals surface area contributed by atoms with Crippen molar-refractivity contribution in [3.8, 4) is 16.9 Å². The van der Waals surface area contributed by atoms with E-state index < -0.39 is 17.3 Å². The van der Waals surface area contributed by atoms with E-state index in [0.717, 1.165) is 22.2 Å². The predicted octanol–water partition coefficient (Wildman–Crippen LogP) is 4.00. The number of nitrogens with one attached hydrogen (secondary N) is 1. The molecule has 1 N–H and O–H groups in total. The first kappa shape index (κ1) is 28.5. The van der Waals surface area contributed by atoms with Crippen molar-refractivity contribution in [3.63, 3.8) is 0 Å². The van der Waals surface area contributed by atoms with Crippen LogP contribution in [0.1, 0.15) is 38.3 Å². The van der Waals surface area contributed by atoms with Crippen LogP contribution in [-0.4, -0.2) is 63.7 Å². The van der Waals surface area contributed by atoms with E-state index in [9.17, 15) is 19.2 Å². The lowest BCUT2D eigenvalue weighted by molar-refractivity contribution is -0.133. The molecule has 2 aliphatic heterocycles. The average Bonchev–Trinajstić information content (AvgIpc) is 3.12. The van der Waals surface area contributed by atoms with Crippen molar-refractivity contribution in [2.45, 2.75) is 51.7 Å². The number of anilines is 1. The van der Waals surface area contributed by atoms with Gasteiger partial charge in [-0.25, -0.2) is 9.59 Å². The molecule has 3 aromatic rings. The number of hydrogen-bond acceptors (Lipinski definition) is 5. The smallest absolute Gasteiger partial charge is 0.331 e. The summed E-state index contributed by atoms with van der Waals surface area (Å²) < 4.78 is 7.67. The van der Waals surface area contributed by atoms with Gasteiger partial charge in [-0.05, 0) is 62.4 Å². The molecule has 0 saturated carbocycles. The van der Waals surface area contributed by atoms with E-state index >= 15 is 0 Å². The van der Waals surface area contributed by atoms with Gasteiger partial charge in [-0.2, -0.15) is 0 Å². The van der Waals surface area contributed by atoms with Crippen molar-refractivity contribution in [3.05, 3.63) is 80.1 Å². The van der Waals surface area contributed by atoms with Gasteiger partial charge in [0.2, 0.25) is 5.91 Å². The van der Waals surface area contributed by atoms with Gasteiger partial charge in [-0.1, -0.05) is 35.9 Å². The minimum atomic E-state index is -0.544. The van der Waals surface area contributed by atoms with Crippen LogP contribution >= 0.6 is 11.6 Å². The molecule has 1 aromatic heterocycles. The third-order valence-corrected chi connectivity index (χ3v) is 8.17. The zero-order chi connectivity index (χ0) is 29.3. The summed E-state index contributed by atoms with van der Waals surface area (Å²) in [5, 5.41) is 3.35. The Balaban J connectivity index is 1.31. The Kier molecular flexibility index (Phi) is 8.21. The SMILES string of the molecule is COc1ccc(-c2cn(CC(=O)N3CCC(N4CCc5ccccc5NC4=O)CC3)c(=O)n(C(C)C)c2=O)cc1Cl. The monoisotopic (exact) mass is 579 g/mol. The number of benzene rings is 2. The summed E-state index contributed by atoms with van der Waals surface area (Å²) in [6.45, 7) is 4.86. The fourth-order valence-corrected chi connectivity index (χ4v) is 5.89. The number of rotatable bonds is 6. The van der Waals surface area contributed by atoms with Crippen LogP contribution in [0.4, 0.5) is 10.5 Å². The normalized spacial score (nSPS) is 15.9. The Bertz CT molecular complexity index is 1590. The van der Waals surface area contributed by atoms with Crippen LogP contribution in [0.15, 0.2) is 58.3 Å². The van der Waals surface area contributed by atoms with E-state index in [-0.39, 0.29) is 30.1 Å². The highest BCUT2D eigenvalue weighted by Crippen LogP contribution is 2.29. The number of carbonyl (C=O) groups excluding carboxylic acids is 2. The zero-order valence-electron chi connectivity index (χ0n) is 23.4. The molecule has 1 saturated heterocycles. The van der Waals surface area contributed by atoms with Crippen LogP contribution in [0.5, 0.6) is 5.75 Å². The maximum absolute atomic E-state index is 13.4. The van der Waals surface area contributed by atoms with Crippen LogP contribution in [0.25, 0.3) is 11.1 Å². The number of nitrogens with zero attached hydrogens (tertiary/aromatic N) is 4. The number of likely N-dealkylation sites (tertiary alicyclic amines) is 1. The number of piperidine rings is 1. The van der Waals surface area contributed by atoms with Crippen LogP contribution in [0, 0.1) is 0 Å². The summed E-state index contributed by atoms with van der Waals surface area (Å²) in [4.78, 5) is 56.5. The molecule has 2 aliphatic rings. The maximum Gasteiger partial charge on any atom is 0.331 e. The lowest BCUT2D eigenvalue weighted by atomic mass is 10.0. The number of methoxy groups -OCH3 is 1. The maximum atomic E-state index is 13.4. The molecule has 3 amide bonds. The van der Waals surface area contributed by atoms with Gasteiger partial charge in [-0.15, -0.1) is 0 Å². The van der Waals surface area contributed by atoms with Crippen molar-refractivity contribution in [2.24, 2.45) is 0 Å². The Morgan fingerprint density at radius 3 is 2.49 bits per heavy atom. The molecule has 5 rings (SSSR count). The molecule has 0 bridgehead atoms. The molecule has 0 aliphatic carbocycles. The van der Waals surface area contributed by atoms with E-state index in [1.165, 1.54) is 17.9 Å². The molecule has 216 valence electrons. The number of amides is 3. The molecular formula is C30H34ClN5O5. The summed E-state index contributed by atoms with van der Waals surface area (Å²) in [6, 6.07) is 12.3. The average molecular weight is 580 g/mol. The Hall–Kier alpha value is -4.05. The van der Waals surface area contributed by atoms with Gasteiger partial charge in [-0.3, -0.25) is 18.7 Å². The van der Waals surface area contributed by atoms with Gasteiger partial charge in [0.05, 0.1) is 17.7 Å².